The van der Waals surface area contributed by atoms with Gasteiger partial charge >= 0.3 is 0 Å². The summed E-state index contributed by atoms with van der Waals surface area (Å²) >= 11 is 8.37. The molecule has 2 aromatic heterocycles. The fourth-order valence-corrected chi connectivity index (χ4v) is 3.93. The van der Waals surface area contributed by atoms with Crippen molar-refractivity contribution in [1.29, 1.82) is 0 Å². The highest BCUT2D eigenvalue weighted by molar-refractivity contribution is 8.01. The molecule has 2 aromatic rings. The van der Waals surface area contributed by atoms with Crippen LogP contribution < -0.4 is 10.2 Å². The minimum absolute atomic E-state index is 0.0572. The smallest absolute Gasteiger partial charge is 0.235 e. The van der Waals surface area contributed by atoms with Crippen molar-refractivity contribution < 1.29 is 9.59 Å². The molecule has 2 heterocycles. The first-order valence-electron chi connectivity index (χ1n) is 7.76. The standard InChI is InChI=1S/C15H16ClN5O2S2/c1-2-13(23)21(10-4-5-10)14-19-20-15(25-14)24-8-12(22)18-11-6-3-9(16)7-17-11/h3,6-7,10H,2,4-5,8H2,1H3,(H,17,18,22). The van der Waals surface area contributed by atoms with Gasteiger partial charge in [-0.1, -0.05) is 41.6 Å². The quantitative estimate of drug-likeness (QED) is 0.570. The maximum Gasteiger partial charge on any atom is 0.235 e. The van der Waals surface area contributed by atoms with Crippen molar-refractivity contribution in [2.24, 2.45) is 0 Å². The minimum Gasteiger partial charge on any atom is -0.310 e. The van der Waals surface area contributed by atoms with Crippen LogP contribution in [0.4, 0.5) is 10.9 Å². The van der Waals surface area contributed by atoms with Crippen molar-refractivity contribution in [3.63, 3.8) is 0 Å². The predicted octanol–water partition coefficient (Wildman–Crippen LogP) is 3.22. The molecule has 0 aromatic carbocycles. The third-order valence-electron chi connectivity index (χ3n) is 3.41. The second-order valence-corrected chi connectivity index (χ2v) is 8.01. The molecule has 3 rings (SSSR count). The summed E-state index contributed by atoms with van der Waals surface area (Å²) in [5.41, 5.74) is 0. The van der Waals surface area contributed by atoms with Crippen LogP contribution in [0, 0.1) is 0 Å². The summed E-state index contributed by atoms with van der Waals surface area (Å²) in [6.45, 7) is 1.84. The molecule has 1 aliphatic carbocycles. The van der Waals surface area contributed by atoms with Crippen molar-refractivity contribution >= 4 is 57.5 Å². The first-order valence-corrected chi connectivity index (χ1v) is 9.94. The number of hydrogen-bond acceptors (Lipinski definition) is 7. The van der Waals surface area contributed by atoms with Crippen LogP contribution in [0.5, 0.6) is 0 Å². The number of thioether (sulfide) groups is 1. The fraction of sp³-hybridized carbons (Fsp3) is 0.400. The Labute approximate surface area is 158 Å². The second-order valence-electron chi connectivity index (χ2n) is 5.40. The summed E-state index contributed by atoms with van der Waals surface area (Å²) in [6, 6.07) is 3.54. The molecule has 0 radical (unpaired) electrons. The zero-order valence-electron chi connectivity index (χ0n) is 13.4. The average Bonchev–Trinajstić information content (AvgIpc) is 3.33. The lowest BCUT2D eigenvalue weighted by molar-refractivity contribution is -0.118. The number of rotatable bonds is 7. The summed E-state index contributed by atoms with van der Waals surface area (Å²) < 4.78 is 0.656. The number of amides is 2. The normalized spacial score (nSPS) is 13.5. The van der Waals surface area contributed by atoms with Crippen molar-refractivity contribution in [1.82, 2.24) is 15.2 Å². The molecule has 0 bridgehead atoms. The van der Waals surface area contributed by atoms with E-state index in [1.165, 1.54) is 29.3 Å². The van der Waals surface area contributed by atoms with Gasteiger partial charge in [0.25, 0.3) is 0 Å². The van der Waals surface area contributed by atoms with Gasteiger partial charge in [0.15, 0.2) is 4.34 Å². The summed E-state index contributed by atoms with van der Waals surface area (Å²) in [4.78, 5) is 29.8. The van der Waals surface area contributed by atoms with Gasteiger partial charge in [-0.25, -0.2) is 4.98 Å². The maximum atomic E-state index is 12.1. The average molecular weight is 398 g/mol. The summed E-state index contributed by atoms with van der Waals surface area (Å²) in [5.74, 6) is 0.493. The summed E-state index contributed by atoms with van der Waals surface area (Å²) in [7, 11) is 0. The highest BCUT2D eigenvalue weighted by Crippen LogP contribution is 2.36. The van der Waals surface area contributed by atoms with Gasteiger partial charge < -0.3 is 5.32 Å². The minimum atomic E-state index is -0.194. The van der Waals surface area contributed by atoms with Gasteiger partial charge in [-0.05, 0) is 25.0 Å². The molecule has 0 atom stereocenters. The molecule has 1 aliphatic rings. The van der Waals surface area contributed by atoms with E-state index in [1.54, 1.807) is 17.0 Å². The first-order chi connectivity index (χ1) is 12.1. The molecule has 1 saturated carbocycles. The third-order valence-corrected chi connectivity index (χ3v) is 5.69. The van der Waals surface area contributed by atoms with Crippen molar-refractivity contribution in [2.75, 3.05) is 16.0 Å². The Kier molecular flexibility index (Phi) is 5.87. The Hall–Kier alpha value is -1.71. The predicted molar refractivity (Wildman–Crippen MR) is 99.3 cm³/mol. The van der Waals surface area contributed by atoms with Crippen LogP contribution in [0.15, 0.2) is 22.7 Å². The molecule has 0 unspecified atom stereocenters. The molecule has 7 nitrogen and oxygen atoms in total. The van der Waals surface area contributed by atoms with Crippen LogP contribution in [0.25, 0.3) is 0 Å². The maximum absolute atomic E-state index is 12.1. The molecule has 0 aliphatic heterocycles. The third kappa shape index (κ3) is 4.90. The fourth-order valence-electron chi connectivity index (χ4n) is 2.08. The number of pyridine rings is 1. The highest BCUT2D eigenvalue weighted by atomic mass is 35.5. The molecular formula is C15H16ClN5O2S2. The largest absolute Gasteiger partial charge is 0.310 e. The van der Waals surface area contributed by atoms with Crippen LogP contribution >= 0.6 is 34.7 Å². The van der Waals surface area contributed by atoms with Crippen LogP contribution in [-0.4, -0.2) is 38.8 Å². The van der Waals surface area contributed by atoms with Crippen molar-refractivity contribution in [2.45, 2.75) is 36.6 Å². The van der Waals surface area contributed by atoms with E-state index in [4.69, 9.17) is 11.6 Å². The number of aromatic nitrogens is 3. The van der Waals surface area contributed by atoms with E-state index >= 15 is 0 Å². The Morgan fingerprint density at radius 2 is 2.20 bits per heavy atom. The zero-order valence-corrected chi connectivity index (χ0v) is 15.8. The Balaban J connectivity index is 1.55. The number of carbonyl (C=O) groups excluding carboxylic acids is 2. The van der Waals surface area contributed by atoms with Crippen molar-refractivity contribution in [3.05, 3.63) is 23.4 Å². The topological polar surface area (TPSA) is 88.1 Å². The van der Waals surface area contributed by atoms with Crippen LogP contribution in [-0.2, 0) is 9.59 Å². The van der Waals surface area contributed by atoms with E-state index in [9.17, 15) is 9.59 Å². The van der Waals surface area contributed by atoms with Gasteiger partial charge in [-0.2, -0.15) is 0 Å². The molecule has 0 saturated heterocycles. The number of halogens is 1. The van der Waals surface area contributed by atoms with Gasteiger partial charge in [0, 0.05) is 18.7 Å². The van der Waals surface area contributed by atoms with Crippen LogP contribution in [0.2, 0.25) is 5.02 Å². The number of nitrogens with one attached hydrogen (secondary N) is 1. The first kappa shape index (κ1) is 18.1. The number of anilines is 2. The zero-order chi connectivity index (χ0) is 17.8. The lowest BCUT2D eigenvalue weighted by Crippen LogP contribution is -2.32. The van der Waals surface area contributed by atoms with Gasteiger partial charge in [0.2, 0.25) is 16.9 Å². The number of hydrogen-bond donors (Lipinski definition) is 1. The monoisotopic (exact) mass is 397 g/mol. The van der Waals surface area contributed by atoms with Crippen molar-refractivity contribution in [3.8, 4) is 0 Å². The van der Waals surface area contributed by atoms with E-state index in [1.807, 2.05) is 6.92 Å². The van der Waals surface area contributed by atoms with E-state index in [-0.39, 0.29) is 23.6 Å². The molecule has 0 spiro atoms. The van der Waals surface area contributed by atoms with E-state index in [0.717, 1.165) is 12.8 Å². The van der Waals surface area contributed by atoms with Crippen LogP contribution in [0.1, 0.15) is 26.2 Å². The van der Waals surface area contributed by atoms with E-state index < -0.39 is 0 Å². The number of nitrogens with zero attached hydrogens (tertiary/aromatic N) is 4. The molecule has 10 heteroatoms. The Morgan fingerprint density at radius 3 is 2.84 bits per heavy atom. The lowest BCUT2D eigenvalue weighted by atomic mass is 10.4. The Bertz CT molecular complexity index is 764. The lowest BCUT2D eigenvalue weighted by Gasteiger charge is -2.17. The van der Waals surface area contributed by atoms with Crippen LogP contribution in [0.3, 0.4) is 0 Å². The Morgan fingerprint density at radius 1 is 1.40 bits per heavy atom. The van der Waals surface area contributed by atoms with E-state index in [0.29, 0.717) is 26.7 Å². The second kappa shape index (κ2) is 8.11. The van der Waals surface area contributed by atoms with Gasteiger partial charge in [-0.15, -0.1) is 10.2 Å². The molecular weight excluding hydrogens is 382 g/mol. The van der Waals surface area contributed by atoms with E-state index in [2.05, 4.69) is 20.5 Å². The highest BCUT2D eigenvalue weighted by Gasteiger charge is 2.35. The van der Waals surface area contributed by atoms with Gasteiger partial charge in [0.1, 0.15) is 5.82 Å². The van der Waals surface area contributed by atoms with Gasteiger partial charge in [-0.3, -0.25) is 14.5 Å². The molecule has 132 valence electrons. The number of carbonyl (C=O) groups is 2. The molecule has 1 fully saturated rings. The summed E-state index contributed by atoms with van der Waals surface area (Å²) in [5, 5.41) is 12.0. The molecule has 2 amide bonds. The summed E-state index contributed by atoms with van der Waals surface area (Å²) in [6.07, 6.45) is 3.92. The molecule has 1 N–H and O–H groups in total. The molecule has 25 heavy (non-hydrogen) atoms. The SMILES string of the molecule is CCC(=O)N(c1nnc(SCC(=O)Nc2ccc(Cl)cn2)s1)C1CC1. The van der Waals surface area contributed by atoms with Gasteiger partial charge in [0.05, 0.1) is 10.8 Å².